The van der Waals surface area contributed by atoms with Crippen LogP contribution in [0.15, 0.2) is 24.3 Å². The minimum atomic E-state index is -4.49. The second-order valence-corrected chi connectivity index (χ2v) is 4.54. The Labute approximate surface area is 125 Å². The van der Waals surface area contributed by atoms with E-state index < -0.39 is 24.8 Å². The first-order valence-corrected chi connectivity index (χ1v) is 6.60. The van der Waals surface area contributed by atoms with Gasteiger partial charge in [-0.15, -0.1) is 0 Å². The molecule has 5 nitrogen and oxygen atoms in total. The predicted octanol–water partition coefficient (Wildman–Crippen LogP) is 2.94. The molecule has 0 aromatic heterocycles. The van der Waals surface area contributed by atoms with Crippen molar-refractivity contribution in [1.82, 2.24) is 0 Å². The first-order chi connectivity index (χ1) is 10.2. The largest absolute Gasteiger partial charge is 0.411 e. The summed E-state index contributed by atoms with van der Waals surface area (Å²) in [6.07, 6.45) is -5.44. The summed E-state index contributed by atoms with van der Waals surface area (Å²) in [4.78, 5) is 23.0. The van der Waals surface area contributed by atoms with Crippen LogP contribution in [0, 0.1) is 0 Å². The fourth-order valence-electron chi connectivity index (χ4n) is 1.46. The van der Waals surface area contributed by atoms with E-state index in [1.807, 2.05) is 0 Å². The van der Waals surface area contributed by atoms with Crippen molar-refractivity contribution in [3.63, 3.8) is 0 Å². The summed E-state index contributed by atoms with van der Waals surface area (Å²) in [7, 11) is 0. The Bertz CT molecular complexity index is 532. The van der Waals surface area contributed by atoms with Crippen molar-refractivity contribution >= 4 is 23.2 Å². The zero-order chi connectivity index (χ0) is 16.8. The molecule has 0 bridgehead atoms. The van der Waals surface area contributed by atoms with Gasteiger partial charge in [0, 0.05) is 17.8 Å². The zero-order valence-electron chi connectivity index (χ0n) is 12.2. The number of anilines is 2. The van der Waals surface area contributed by atoms with E-state index >= 15 is 0 Å². The van der Waals surface area contributed by atoms with E-state index in [2.05, 4.69) is 15.4 Å². The quantitative estimate of drug-likeness (QED) is 0.847. The molecule has 0 fully saturated rings. The van der Waals surface area contributed by atoms with Gasteiger partial charge in [0.2, 0.25) is 5.91 Å². The van der Waals surface area contributed by atoms with Crippen molar-refractivity contribution < 1.29 is 27.5 Å². The second kappa shape index (κ2) is 7.79. The number of amides is 2. The number of carbonyl (C=O) groups is 2. The van der Waals surface area contributed by atoms with Crippen molar-refractivity contribution in [2.24, 2.45) is 0 Å². The molecule has 2 N–H and O–H groups in total. The summed E-state index contributed by atoms with van der Waals surface area (Å²) in [5, 5.41) is 5.04. The smallest absolute Gasteiger partial charge is 0.359 e. The number of alkyl halides is 3. The molecule has 1 atom stereocenters. The number of carbonyl (C=O) groups excluding carboxylic acids is 2. The fraction of sp³-hybridized carbons (Fsp3) is 0.429. The number of hydrogen-bond donors (Lipinski definition) is 2. The maximum Gasteiger partial charge on any atom is 0.411 e. The van der Waals surface area contributed by atoms with E-state index in [1.165, 1.54) is 13.0 Å². The number of ether oxygens (including phenoxy) is 1. The van der Waals surface area contributed by atoms with Crippen LogP contribution in [0.25, 0.3) is 0 Å². The van der Waals surface area contributed by atoms with Crippen molar-refractivity contribution in [3.8, 4) is 0 Å². The summed E-state index contributed by atoms with van der Waals surface area (Å²) < 4.78 is 40.5. The van der Waals surface area contributed by atoms with E-state index in [0.29, 0.717) is 17.8 Å². The second-order valence-electron chi connectivity index (χ2n) is 4.54. The van der Waals surface area contributed by atoms with Crippen molar-refractivity contribution in [2.75, 3.05) is 17.2 Å². The van der Waals surface area contributed by atoms with Gasteiger partial charge in [-0.3, -0.25) is 9.59 Å². The molecule has 0 aliphatic rings. The lowest BCUT2D eigenvalue weighted by Gasteiger charge is -2.15. The highest BCUT2D eigenvalue weighted by Crippen LogP contribution is 2.18. The van der Waals surface area contributed by atoms with Gasteiger partial charge < -0.3 is 15.4 Å². The van der Waals surface area contributed by atoms with E-state index in [9.17, 15) is 22.8 Å². The monoisotopic (exact) mass is 318 g/mol. The molecule has 0 saturated carbocycles. The molecule has 1 aromatic carbocycles. The highest BCUT2D eigenvalue weighted by atomic mass is 19.4. The third-order valence-electron chi connectivity index (χ3n) is 2.60. The Morgan fingerprint density at radius 3 is 2.36 bits per heavy atom. The van der Waals surface area contributed by atoms with Crippen LogP contribution >= 0.6 is 0 Å². The highest BCUT2D eigenvalue weighted by molar-refractivity contribution is 5.95. The molecular formula is C14H17F3N2O3. The molecule has 8 heteroatoms. The molecule has 0 saturated heterocycles. The number of nitrogens with one attached hydrogen (secondary N) is 2. The third kappa shape index (κ3) is 6.57. The summed E-state index contributed by atoms with van der Waals surface area (Å²) in [6, 6.07) is 6.28. The Balaban J connectivity index is 2.60. The normalized spacial score (nSPS) is 12.6. The van der Waals surface area contributed by atoms with Crippen LogP contribution < -0.4 is 10.6 Å². The van der Waals surface area contributed by atoms with Crippen LogP contribution in [0.1, 0.15) is 20.3 Å². The Hall–Kier alpha value is -2.09. The summed E-state index contributed by atoms with van der Waals surface area (Å²) in [6.45, 7) is 1.43. The predicted molar refractivity (Wildman–Crippen MR) is 75.5 cm³/mol. The van der Waals surface area contributed by atoms with E-state index in [4.69, 9.17) is 0 Å². The average Bonchev–Trinajstić information content (AvgIpc) is 2.44. The lowest BCUT2D eigenvalue weighted by atomic mass is 10.2. The third-order valence-corrected chi connectivity index (χ3v) is 2.60. The van der Waals surface area contributed by atoms with E-state index in [1.54, 1.807) is 25.1 Å². The Morgan fingerprint density at radius 1 is 1.23 bits per heavy atom. The lowest BCUT2D eigenvalue weighted by molar-refractivity contribution is -0.184. The van der Waals surface area contributed by atoms with Crippen LogP contribution in [0.4, 0.5) is 24.5 Å². The van der Waals surface area contributed by atoms with Crippen LogP contribution in [0.5, 0.6) is 0 Å². The van der Waals surface area contributed by atoms with E-state index in [0.717, 1.165) is 0 Å². The van der Waals surface area contributed by atoms with Gasteiger partial charge in [-0.1, -0.05) is 13.0 Å². The molecule has 1 aromatic rings. The molecule has 0 spiro atoms. The van der Waals surface area contributed by atoms with E-state index in [-0.39, 0.29) is 5.91 Å². The molecular weight excluding hydrogens is 301 g/mol. The highest BCUT2D eigenvalue weighted by Gasteiger charge is 2.29. The molecule has 122 valence electrons. The zero-order valence-corrected chi connectivity index (χ0v) is 12.2. The van der Waals surface area contributed by atoms with Gasteiger partial charge in [-0.25, -0.2) is 0 Å². The van der Waals surface area contributed by atoms with Gasteiger partial charge in [0.05, 0.1) is 0 Å². The summed E-state index contributed by atoms with van der Waals surface area (Å²) >= 11 is 0. The van der Waals surface area contributed by atoms with Crippen molar-refractivity contribution in [1.29, 1.82) is 0 Å². The van der Waals surface area contributed by atoms with Gasteiger partial charge in [-0.05, 0) is 25.1 Å². The van der Waals surface area contributed by atoms with Crippen LogP contribution in [-0.4, -0.2) is 30.7 Å². The standard InChI is InChI=1S/C14H17F3N2O3/c1-3-12(20)18-10-5-4-6-11(7-10)19-13(21)9(2)22-8-14(15,16)17/h4-7,9H,3,8H2,1-2H3,(H,18,20)(H,19,21)/t9-/m0/s1. The Kier molecular flexibility index (Phi) is 6.36. The van der Waals surface area contributed by atoms with Crippen molar-refractivity contribution in [2.45, 2.75) is 32.5 Å². The van der Waals surface area contributed by atoms with Gasteiger partial charge in [0.15, 0.2) is 0 Å². The average molecular weight is 318 g/mol. The number of benzene rings is 1. The topological polar surface area (TPSA) is 67.4 Å². The minimum absolute atomic E-state index is 0.189. The van der Waals surface area contributed by atoms with Crippen LogP contribution in [-0.2, 0) is 14.3 Å². The number of rotatable bonds is 6. The maximum absolute atomic E-state index is 12.0. The number of hydrogen-bond acceptors (Lipinski definition) is 3. The Morgan fingerprint density at radius 2 is 1.82 bits per heavy atom. The molecule has 22 heavy (non-hydrogen) atoms. The van der Waals surface area contributed by atoms with Gasteiger partial charge in [0.1, 0.15) is 12.7 Å². The lowest BCUT2D eigenvalue weighted by Crippen LogP contribution is -2.31. The van der Waals surface area contributed by atoms with Crippen molar-refractivity contribution in [3.05, 3.63) is 24.3 Å². The molecule has 0 radical (unpaired) electrons. The minimum Gasteiger partial charge on any atom is -0.359 e. The summed E-state index contributed by atoms with van der Waals surface area (Å²) in [5.74, 6) is -0.895. The van der Waals surface area contributed by atoms with Gasteiger partial charge >= 0.3 is 6.18 Å². The molecule has 0 unspecified atom stereocenters. The molecule has 0 aliphatic heterocycles. The SMILES string of the molecule is CCC(=O)Nc1cccc(NC(=O)[C@H](C)OCC(F)(F)F)c1. The maximum atomic E-state index is 12.0. The number of halogens is 3. The van der Waals surface area contributed by atoms with Crippen LogP contribution in [0.3, 0.4) is 0 Å². The first kappa shape index (κ1) is 18.0. The first-order valence-electron chi connectivity index (χ1n) is 6.60. The molecule has 1 rings (SSSR count). The fourth-order valence-corrected chi connectivity index (χ4v) is 1.46. The van der Waals surface area contributed by atoms with Gasteiger partial charge in [-0.2, -0.15) is 13.2 Å². The molecule has 2 amide bonds. The van der Waals surface area contributed by atoms with Crippen LogP contribution in [0.2, 0.25) is 0 Å². The molecule has 0 aliphatic carbocycles. The summed E-state index contributed by atoms with van der Waals surface area (Å²) in [5.41, 5.74) is 0.829. The molecule has 0 heterocycles. The van der Waals surface area contributed by atoms with Gasteiger partial charge in [0.25, 0.3) is 5.91 Å².